The lowest BCUT2D eigenvalue weighted by Crippen LogP contribution is -2.36. The van der Waals surface area contributed by atoms with Gasteiger partial charge in [0, 0.05) is 29.1 Å². The molecule has 2 aromatic carbocycles. The second kappa shape index (κ2) is 9.61. The Balaban J connectivity index is 1.57. The standard InChI is InChI=1S/C20H22ClN5OS/c1-13-4-5-15(17(10-13)28-3)11-23-20(22-2)24-12-18-25-19(26-27-18)14-6-8-16(21)9-7-14/h4-10H,11-12H2,1-3H3,(H2,22,23,24). The minimum Gasteiger partial charge on any atom is -0.352 e. The molecule has 0 radical (unpaired) electrons. The Kier molecular flexibility index (Phi) is 6.95. The largest absolute Gasteiger partial charge is 0.352 e. The molecule has 3 rings (SSSR count). The Morgan fingerprint density at radius 2 is 1.89 bits per heavy atom. The van der Waals surface area contributed by atoms with Crippen molar-refractivity contribution in [1.82, 2.24) is 20.8 Å². The first-order chi connectivity index (χ1) is 13.6. The van der Waals surface area contributed by atoms with E-state index in [0.717, 1.165) is 5.56 Å². The van der Waals surface area contributed by atoms with E-state index in [1.165, 1.54) is 16.0 Å². The zero-order valence-corrected chi connectivity index (χ0v) is 17.6. The van der Waals surface area contributed by atoms with Crippen LogP contribution in [0.5, 0.6) is 0 Å². The molecule has 0 aliphatic rings. The molecule has 6 nitrogen and oxygen atoms in total. The maximum absolute atomic E-state index is 5.91. The van der Waals surface area contributed by atoms with Crippen LogP contribution < -0.4 is 10.6 Å². The molecule has 0 fully saturated rings. The number of aryl methyl sites for hydroxylation is 1. The molecule has 28 heavy (non-hydrogen) atoms. The molecule has 2 N–H and O–H groups in total. The number of guanidine groups is 1. The fourth-order valence-electron chi connectivity index (χ4n) is 2.60. The van der Waals surface area contributed by atoms with Gasteiger partial charge < -0.3 is 15.2 Å². The third-order valence-electron chi connectivity index (χ3n) is 4.09. The van der Waals surface area contributed by atoms with Gasteiger partial charge in [-0.2, -0.15) is 4.98 Å². The van der Waals surface area contributed by atoms with Crippen molar-refractivity contribution in [2.24, 2.45) is 4.99 Å². The van der Waals surface area contributed by atoms with Crippen LogP contribution in [0.2, 0.25) is 5.02 Å². The predicted molar refractivity (Wildman–Crippen MR) is 115 cm³/mol. The zero-order chi connectivity index (χ0) is 19.9. The van der Waals surface area contributed by atoms with Crippen LogP contribution in [0.3, 0.4) is 0 Å². The Morgan fingerprint density at radius 3 is 2.61 bits per heavy atom. The van der Waals surface area contributed by atoms with Crippen molar-refractivity contribution in [1.29, 1.82) is 0 Å². The molecule has 0 atom stereocenters. The second-order valence-corrected chi connectivity index (χ2v) is 7.40. The van der Waals surface area contributed by atoms with Gasteiger partial charge in [0.05, 0.1) is 6.54 Å². The Labute approximate surface area is 173 Å². The van der Waals surface area contributed by atoms with Gasteiger partial charge in [0.1, 0.15) is 0 Å². The molecule has 0 aliphatic carbocycles. The number of hydrogen-bond donors (Lipinski definition) is 2. The Bertz CT molecular complexity index is 955. The predicted octanol–water partition coefficient (Wildman–Crippen LogP) is 4.29. The molecular formula is C20H22ClN5OS. The third-order valence-corrected chi connectivity index (χ3v) is 5.16. The van der Waals surface area contributed by atoms with Crippen molar-refractivity contribution < 1.29 is 4.52 Å². The molecule has 0 saturated carbocycles. The first kappa shape index (κ1) is 20.2. The fraction of sp³-hybridized carbons (Fsp3) is 0.250. The van der Waals surface area contributed by atoms with Gasteiger partial charge in [-0.25, -0.2) is 0 Å². The van der Waals surface area contributed by atoms with Crippen LogP contribution in [-0.4, -0.2) is 29.4 Å². The molecule has 1 heterocycles. The van der Waals surface area contributed by atoms with Gasteiger partial charge in [0.2, 0.25) is 11.7 Å². The van der Waals surface area contributed by atoms with Crippen molar-refractivity contribution in [2.45, 2.75) is 24.9 Å². The van der Waals surface area contributed by atoms with Crippen LogP contribution in [0.4, 0.5) is 0 Å². The maximum Gasteiger partial charge on any atom is 0.246 e. The molecule has 0 unspecified atom stereocenters. The van der Waals surface area contributed by atoms with E-state index in [-0.39, 0.29) is 0 Å². The van der Waals surface area contributed by atoms with Crippen molar-refractivity contribution in [3.8, 4) is 11.4 Å². The first-order valence-electron chi connectivity index (χ1n) is 8.75. The van der Waals surface area contributed by atoms with Gasteiger partial charge in [-0.05, 0) is 54.6 Å². The van der Waals surface area contributed by atoms with Gasteiger partial charge >= 0.3 is 0 Å². The van der Waals surface area contributed by atoms with E-state index in [9.17, 15) is 0 Å². The number of halogens is 1. The molecule has 0 saturated heterocycles. The summed E-state index contributed by atoms with van der Waals surface area (Å²) in [5.41, 5.74) is 3.33. The van der Waals surface area contributed by atoms with Crippen LogP contribution in [0.25, 0.3) is 11.4 Å². The summed E-state index contributed by atoms with van der Waals surface area (Å²) in [7, 11) is 1.73. The number of nitrogens with zero attached hydrogens (tertiary/aromatic N) is 3. The van der Waals surface area contributed by atoms with Crippen LogP contribution in [-0.2, 0) is 13.1 Å². The molecule has 0 amide bonds. The molecule has 146 valence electrons. The Hall–Kier alpha value is -2.51. The summed E-state index contributed by atoms with van der Waals surface area (Å²) in [6.07, 6.45) is 2.08. The van der Waals surface area contributed by atoms with Crippen molar-refractivity contribution in [3.05, 3.63) is 64.5 Å². The van der Waals surface area contributed by atoms with E-state index in [1.807, 2.05) is 12.1 Å². The minimum atomic E-state index is 0.379. The summed E-state index contributed by atoms with van der Waals surface area (Å²) in [5.74, 6) is 1.67. The van der Waals surface area contributed by atoms with E-state index >= 15 is 0 Å². The topological polar surface area (TPSA) is 75.3 Å². The monoisotopic (exact) mass is 415 g/mol. The SMILES string of the molecule is CN=C(NCc1nc(-c2ccc(Cl)cc2)no1)NCc1ccc(C)cc1SC. The molecule has 0 aliphatic heterocycles. The molecule has 1 aromatic heterocycles. The average Bonchev–Trinajstić information content (AvgIpc) is 3.18. The first-order valence-corrected chi connectivity index (χ1v) is 10.4. The quantitative estimate of drug-likeness (QED) is 0.355. The highest BCUT2D eigenvalue weighted by molar-refractivity contribution is 7.98. The highest BCUT2D eigenvalue weighted by Crippen LogP contribution is 2.21. The van der Waals surface area contributed by atoms with Gasteiger partial charge in [0.25, 0.3) is 0 Å². The summed E-state index contributed by atoms with van der Waals surface area (Å²) in [4.78, 5) is 9.91. The molecule has 0 bridgehead atoms. The number of thioether (sulfide) groups is 1. The molecule has 3 aromatic rings. The molecule has 0 spiro atoms. The van der Waals surface area contributed by atoms with Gasteiger partial charge in [-0.1, -0.05) is 28.9 Å². The van der Waals surface area contributed by atoms with Gasteiger partial charge in [-0.15, -0.1) is 11.8 Å². The summed E-state index contributed by atoms with van der Waals surface area (Å²) in [6.45, 7) is 3.15. The van der Waals surface area contributed by atoms with Crippen LogP contribution in [0.1, 0.15) is 17.0 Å². The summed E-state index contributed by atoms with van der Waals surface area (Å²) in [6, 6.07) is 13.7. The van der Waals surface area contributed by atoms with Gasteiger partial charge in [-0.3, -0.25) is 4.99 Å². The smallest absolute Gasteiger partial charge is 0.246 e. The number of rotatable bonds is 6. The lowest BCUT2D eigenvalue weighted by atomic mass is 10.1. The van der Waals surface area contributed by atoms with E-state index in [0.29, 0.717) is 35.8 Å². The van der Waals surface area contributed by atoms with Crippen molar-refractivity contribution >= 4 is 29.3 Å². The van der Waals surface area contributed by atoms with Crippen LogP contribution >= 0.6 is 23.4 Å². The van der Waals surface area contributed by atoms with Crippen LogP contribution in [0.15, 0.2) is 56.9 Å². The summed E-state index contributed by atoms with van der Waals surface area (Å²) >= 11 is 7.65. The maximum atomic E-state index is 5.91. The van der Waals surface area contributed by atoms with Crippen molar-refractivity contribution in [2.75, 3.05) is 13.3 Å². The van der Waals surface area contributed by atoms with E-state index in [2.05, 4.69) is 57.1 Å². The highest BCUT2D eigenvalue weighted by Gasteiger charge is 2.10. The minimum absolute atomic E-state index is 0.379. The Morgan fingerprint density at radius 1 is 1.14 bits per heavy atom. The van der Waals surface area contributed by atoms with E-state index in [1.54, 1.807) is 30.9 Å². The molecular weight excluding hydrogens is 394 g/mol. The third kappa shape index (κ3) is 5.27. The number of aliphatic imine (C=N–C) groups is 1. The average molecular weight is 416 g/mol. The van der Waals surface area contributed by atoms with Crippen molar-refractivity contribution in [3.63, 3.8) is 0 Å². The number of aromatic nitrogens is 2. The van der Waals surface area contributed by atoms with Crippen LogP contribution in [0, 0.1) is 6.92 Å². The number of benzene rings is 2. The second-order valence-electron chi connectivity index (χ2n) is 6.11. The fourth-order valence-corrected chi connectivity index (χ4v) is 3.43. The lowest BCUT2D eigenvalue weighted by molar-refractivity contribution is 0.375. The van der Waals surface area contributed by atoms with E-state index < -0.39 is 0 Å². The highest BCUT2D eigenvalue weighted by atomic mass is 35.5. The molecule has 8 heteroatoms. The number of hydrogen-bond acceptors (Lipinski definition) is 5. The normalized spacial score (nSPS) is 11.5. The number of nitrogens with one attached hydrogen (secondary N) is 2. The van der Waals surface area contributed by atoms with E-state index in [4.69, 9.17) is 16.1 Å². The summed E-state index contributed by atoms with van der Waals surface area (Å²) in [5, 5.41) is 11.2. The van der Waals surface area contributed by atoms with Gasteiger partial charge in [0.15, 0.2) is 5.96 Å². The lowest BCUT2D eigenvalue weighted by Gasteiger charge is -2.13. The zero-order valence-electron chi connectivity index (χ0n) is 16.0. The summed E-state index contributed by atoms with van der Waals surface area (Å²) < 4.78 is 5.31.